The highest BCUT2D eigenvalue weighted by molar-refractivity contribution is 8.00. The zero-order valence-corrected chi connectivity index (χ0v) is 12.7. The molecule has 0 aromatic heterocycles. The fraction of sp³-hybridized carbons (Fsp3) is 0.357. The van der Waals surface area contributed by atoms with Crippen LogP contribution < -0.4 is 10.6 Å². The van der Waals surface area contributed by atoms with Gasteiger partial charge in [0, 0.05) is 10.9 Å². The van der Waals surface area contributed by atoms with Crippen molar-refractivity contribution < 1.29 is 19.5 Å². The van der Waals surface area contributed by atoms with Gasteiger partial charge in [0.05, 0.1) is 12.2 Å². The van der Waals surface area contributed by atoms with Crippen LogP contribution in [0.3, 0.4) is 0 Å². The molecular formula is C14H18N2O4S. The molecule has 21 heavy (non-hydrogen) atoms. The highest BCUT2D eigenvalue weighted by atomic mass is 32.2. The van der Waals surface area contributed by atoms with Crippen molar-refractivity contribution in [3.8, 4) is 0 Å². The summed E-state index contributed by atoms with van der Waals surface area (Å²) in [5.74, 6) is -1.15. The third-order valence-corrected chi connectivity index (χ3v) is 3.33. The lowest BCUT2D eigenvalue weighted by atomic mass is 10.2. The van der Waals surface area contributed by atoms with Crippen molar-refractivity contribution in [1.29, 1.82) is 0 Å². The molecule has 0 bridgehead atoms. The van der Waals surface area contributed by atoms with Crippen molar-refractivity contribution >= 4 is 29.7 Å². The van der Waals surface area contributed by atoms with Crippen LogP contribution in [0.25, 0.3) is 0 Å². The molecule has 0 saturated carbocycles. The molecule has 0 heterocycles. The lowest BCUT2D eigenvalue weighted by molar-refractivity contribution is -0.136. The van der Waals surface area contributed by atoms with Gasteiger partial charge in [0.25, 0.3) is 0 Å². The maximum absolute atomic E-state index is 11.6. The maximum Gasteiger partial charge on any atom is 0.321 e. The molecule has 0 aliphatic rings. The number of amides is 3. The molecule has 0 aliphatic heterocycles. The van der Waals surface area contributed by atoms with E-state index >= 15 is 0 Å². The topological polar surface area (TPSA) is 95.5 Å². The second kappa shape index (κ2) is 8.31. The van der Waals surface area contributed by atoms with Gasteiger partial charge in [0.1, 0.15) is 0 Å². The van der Waals surface area contributed by atoms with Gasteiger partial charge in [-0.15, -0.1) is 11.8 Å². The number of hydrogen-bond donors (Lipinski definition) is 3. The van der Waals surface area contributed by atoms with E-state index in [4.69, 9.17) is 5.11 Å². The predicted molar refractivity (Wildman–Crippen MR) is 80.3 cm³/mol. The average Bonchev–Trinajstić information content (AvgIpc) is 2.36. The molecule has 0 radical (unpaired) electrons. The van der Waals surface area contributed by atoms with Crippen LogP contribution in [0, 0.1) is 0 Å². The number of carbonyl (C=O) groups excluding carboxylic acids is 2. The van der Waals surface area contributed by atoms with Crippen LogP contribution in [-0.2, 0) is 16.0 Å². The largest absolute Gasteiger partial charge is 0.481 e. The Balaban J connectivity index is 2.39. The number of urea groups is 1. The highest BCUT2D eigenvalue weighted by Crippen LogP contribution is 2.18. The van der Waals surface area contributed by atoms with Gasteiger partial charge in [-0.3, -0.25) is 14.9 Å². The number of rotatable bonds is 6. The number of aliphatic carboxylic acids is 1. The van der Waals surface area contributed by atoms with E-state index in [1.165, 1.54) is 11.8 Å². The Hall–Kier alpha value is -2.02. The third-order valence-electron chi connectivity index (χ3n) is 2.32. The molecule has 6 nitrogen and oxygen atoms in total. The summed E-state index contributed by atoms with van der Waals surface area (Å²) in [4.78, 5) is 34.3. The minimum absolute atomic E-state index is 0.0270. The molecule has 1 aromatic rings. The smallest absolute Gasteiger partial charge is 0.321 e. The van der Waals surface area contributed by atoms with Gasteiger partial charge in [0.2, 0.25) is 5.91 Å². The van der Waals surface area contributed by atoms with E-state index in [-0.39, 0.29) is 24.1 Å². The molecule has 0 spiro atoms. The van der Waals surface area contributed by atoms with Crippen molar-refractivity contribution in [1.82, 2.24) is 10.6 Å². The number of hydrogen-bond acceptors (Lipinski definition) is 4. The first-order chi connectivity index (χ1) is 9.86. The fourth-order valence-electron chi connectivity index (χ4n) is 1.49. The normalized spacial score (nSPS) is 10.2. The summed E-state index contributed by atoms with van der Waals surface area (Å²) in [6.45, 7) is 3.61. The third kappa shape index (κ3) is 7.36. The average molecular weight is 310 g/mol. The van der Waals surface area contributed by atoms with Gasteiger partial charge in [-0.25, -0.2) is 4.79 Å². The summed E-state index contributed by atoms with van der Waals surface area (Å²) in [5, 5.41) is 13.5. The SMILES string of the molecule is CC(C)NC(=O)NC(=O)CSc1ccc(CC(=O)O)cc1. The van der Waals surface area contributed by atoms with Crippen molar-refractivity contribution in [2.45, 2.75) is 31.2 Å². The lowest BCUT2D eigenvalue weighted by Gasteiger charge is -2.09. The van der Waals surface area contributed by atoms with Crippen LogP contribution in [0.4, 0.5) is 4.79 Å². The molecule has 3 amide bonds. The summed E-state index contributed by atoms with van der Waals surface area (Å²) in [6, 6.07) is 6.38. The number of nitrogens with one attached hydrogen (secondary N) is 2. The molecule has 3 N–H and O–H groups in total. The standard InChI is InChI=1S/C14H18N2O4S/c1-9(2)15-14(20)16-12(17)8-21-11-5-3-10(4-6-11)7-13(18)19/h3-6,9H,7-8H2,1-2H3,(H,18,19)(H2,15,16,17,20). The highest BCUT2D eigenvalue weighted by Gasteiger charge is 2.09. The quantitative estimate of drug-likeness (QED) is 0.694. The Bertz CT molecular complexity index is 514. The van der Waals surface area contributed by atoms with Crippen LogP contribution in [-0.4, -0.2) is 34.8 Å². The Labute approximate surface area is 127 Å². The van der Waals surface area contributed by atoms with E-state index in [0.29, 0.717) is 5.56 Å². The number of carbonyl (C=O) groups is 3. The Kier molecular flexibility index (Phi) is 6.74. The molecular weight excluding hydrogens is 292 g/mol. The van der Waals surface area contributed by atoms with Gasteiger partial charge in [-0.05, 0) is 31.5 Å². The van der Waals surface area contributed by atoms with Gasteiger partial charge in [-0.2, -0.15) is 0 Å². The number of benzene rings is 1. The van der Waals surface area contributed by atoms with E-state index in [2.05, 4.69) is 10.6 Å². The summed E-state index contributed by atoms with van der Waals surface area (Å²) in [7, 11) is 0. The number of carboxylic acid groups (broad SMARTS) is 1. The zero-order chi connectivity index (χ0) is 15.8. The molecule has 0 saturated heterocycles. The second-order valence-electron chi connectivity index (χ2n) is 4.68. The van der Waals surface area contributed by atoms with Crippen LogP contribution in [0.1, 0.15) is 19.4 Å². The first-order valence-corrected chi connectivity index (χ1v) is 7.39. The molecule has 0 unspecified atom stereocenters. The van der Waals surface area contributed by atoms with E-state index in [1.54, 1.807) is 38.1 Å². The van der Waals surface area contributed by atoms with Crippen molar-refractivity contribution in [2.75, 3.05) is 5.75 Å². The van der Waals surface area contributed by atoms with Gasteiger partial charge < -0.3 is 10.4 Å². The Morgan fingerprint density at radius 1 is 1.19 bits per heavy atom. The molecule has 114 valence electrons. The molecule has 0 atom stereocenters. The van der Waals surface area contributed by atoms with E-state index < -0.39 is 12.0 Å². The van der Waals surface area contributed by atoms with E-state index in [0.717, 1.165) is 4.90 Å². The summed E-state index contributed by atoms with van der Waals surface area (Å²) >= 11 is 1.28. The number of imide groups is 1. The molecule has 0 fully saturated rings. The minimum Gasteiger partial charge on any atom is -0.481 e. The van der Waals surface area contributed by atoms with Crippen molar-refractivity contribution in [3.05, 3.63) is 29.8 Å². The Morgan fingerprint density at radius 2 is 1.81 bits per heavy atom. The van der Waals surface area contributed by atoms with Crippen molar-refractivity contribution in [2.24, 2.45) is 0 Å². The lowest BCUT2D eigenvalue weighted by Crippen LogP contribution is -2.43. The predicted octanol–water partition coefficient (Wildman–Crippen LogP) is 1.64. The van der Waals surface area contributed by atoms with Crippen LogP contribution >= 0.6 is 11.8 Å². The summed E-state index contributed by atoms with van der Waals surface area (Å²) < 4.78 is 0. The first kappa shape index (κ1) is 17.0. The van der Waals surface area contributed by atoms with Crippen LogP contribution in [0.5, 0.6) is 0 Å². The summed E-state index contributed by atoms with van der Waals surface area (Å²) in [5.41, 5.74) is 0.701. The van der Waals surface area contributed by atoms with Gasteiger partial charge in [0.15, 0.2) is 0 Å². The maximum atomic E-state index is 11.6. The van der Waals surface area contributed by atoms with Crippen LogP contribution in [0.2, 0.25) is 0 Å². The minimum atomic E-state index is -0.883. The first-order valence-electron chi connectivity index (χ1n) is 6.40. The Morgan fingerprint density at radius 3 is 2.33 bits per heavy atom. The number of carboxylic acids is 1. The van der Waals surface area contributed by atoms with E-state index in [1.807, 2.05) is 0 Å². The zero-order valence-electron chi connectivity index (χ0n) is 11.9. The monoisotopic (exact) mass is 310 g/mol. The molecule has 7 heteroatoms. The molecule has 0 aliphatic carbocycles. The summed E-state index contributed by atoms with van der Waals surface area (Å²) in [6.07, 6.45) is -0.0270. The second-order valence-corrected chi connectivity index (χ2v) is 5.73. The van der Waals surface area contributed by atoms with E-state index in [9.17, 15) is 14.4 Å². The van der Waals surface area contributed by atoms with Crippen molar-refractivity contribution in [3.63, 3.8) is 0 Å². The molecule has 1 aromatic carbocycles. The van der Waals surface area contributed by atoms with Gasteiger partial charge in [-0.1, -0.05) is 12.1 Å². The van der Waals surface area contributed by atoms with Gasteiger partial charge >= 0.3 is 12.0 Å². The van der Waals surface area contributed by atoms with Crippen LogP contribution in [0.15, 0.2) is 29.2 Å². The molecule has 1 rings (SSSR count). The fourth-order valence-corrected chi connectivity index (χ4v) is 2.19. The number of thioether (sulfide) groups is 1.